The Labute approximate surface area is 128 Å². The predicted octanol–water partition coefficient (Wildman–Crippen LogP) is 3.95. The van der Waals surface area contributed by atoms with Crippen molar-refractivity contribution in [2.75, 3.05) is 0 Å². The summed E-state index contributed by atoms with van der Waals surface area (Å²) in [6.07, 6.45) is 0. The number of halogens is 1. The van der Waals surface area contributed by atoms with Gasteiger partial charge >= 0.3 is 0 Å². The quantitative estimate of drug-likeness (QED) is 0.591. The zero-order chi connectivity index (χ0) is 16.1. The van der Waals surface area contributed by atoms with Gasteiger partial charge in [-0.1, -0.05) is 32.9 Å². The maximum Gasteiger partial charge on any atom is 0.272 e. The van der Waals surface area contributed by atoms with Gasteiger partial charge in [0, 0.05) is 6.07 Å². The molecule has 112 valence electrons. The number of hydrogen-bond donors (Lipinski definition) is 0. The SMILES string of the molecule is CC(C)(C)c1ccc(C2=[N+]([O-])c3cc(F)ccc3C2=O)cc1. The van der Waals surface area contributed by atoms with E-state index in [1.807, 2.05) is 12.1 Å². The summed E-state index contributed by atoms with van der Waals surface area (Å²) in [5, 5.41) is 12.3. The number of hydrogen-bond acceptors (Lipinski definition) is 2. The topological polar surface area (TPSA) is 43.1 Å². The van der Waals surface area contributed by atoms with E-state index in [0.29, 0.717) is 10.3 Å². The Kier molecular flexibility index (Phi) is 3.13. The minimum atomic E-state index is -0.531. The van der Waals surface area contributed by atoms with Crippen molar-refractivity contribution in [3.05, 3.63) is 70.2 Å². The van der Waals surface area contributed by atoms with Crippen LogP contribution in [0.4, 0.5) is 10.1 Å². The normalized spacial score (nSPS) is 14.5. The Morgan fingerprint density at radius 1 is 1.05 bits per heavy atom. The van der Waals surface area contributed by atoms with Crippen molar-refractivity contribution < 1.29 is 13.9 Å². The van der Waals surface area contributed by atoms with Gasteiger partial charge < -0.3 is 5.21 Å². The molecule has 0 amide bonds. The Morgan fingerprint density at radius 3 is 2.27 bits per heavy atom. The van der Waals surface area contributed by atoms with Crippen LogP contribution in [0.15, 0.2) is 42.5 Å². The zero-order valence-electron chi connectivity index (χ0n) is 12.7. The molecule has 0 saturated heterocycles. The minimum Gasteiger partial charge on any atom is -0.618 e. The number of rotatable bonds is 1. The van der Waals surface area contributed by atoms with Crippen LogP contribution < -0.4 is 0 Å². The van der Waals surface area contributed by atoms with Gasteiger partial charge in [0.05, 0.1) is 5.56 Å². The molecule has 0 saturated carbocycles. The van der Waals surface area contributed by atoms with Gasteiger partial charge in [-0.05, 0) is 35.2 Å². The van der Waals surface area contributed by atoms with Crippen molar-refractivity contribution in [1.29, 1.82) is 0 Å². The van der Waals surface area contributed by atoms with E-state index in [4.69, 9.17) is 0 Å². The van der Waals surface area contributed by atoms with Crippen molar-refractivity contribution >= 4 is 17.2 Å². The number of ketones is 1. The molecule has 0 spiro atoms. The number of Topliss-reactive ketones (excluding diaryl/α,β-unsaturated/α-hetero) is 1. The van der Waals surface area contributed by atoms with E-state index in [2.05, 4.69) is 20.8 Å². The van der Waals surface area contributed by atoms with Crippen LogP contribution in [0, 0.1) is 11.0 Å². The highest BCUT2D eigenvalue weighted by molar-refractivity contribution is 6.52. The lowest BCUT2D eigenvalue weighted by atomic mass is 9.86. The molecule has 0 aliphatic carbocycles. The monoisotopic (exact) mass is 297 g/mol. The van der Waals surface area contributed by atoms with Gasteiger partial charge in [0.2, 0.25) is 5.69 Å². The second-order valence-electron chi connectivity index (χ2n) is 6.46. The number of carbonyl (C=O) groups is 1. The van der Waals surface area contributed by atoms with Crippen molar-refractivity contribution in [3.63, 3.8) is 0 Å². The molecule has 22 heavy (non-hydrogen) atoms. The first-order chi connectivity index (χ1) is 10.3. The molecule has 2 aromatic carbocycles. The molecular formula is C18H16FNO2. The van der Waals surface area contributed by atoms with Gasteiger partial charge in [-0.3, -0.25) is 4.79 Å². The molecule has 3 nitrogen and oxygen atoms in total. The van der Waals surface area contributed by atoms with Crippen LogP contribution >= 0.6 is 0 Å². The van der Waals surface area contributed by atoms with Crippen LogP contribution in [0.3, 0.4) is 0 Å². The Morgan fingerprint density at radius 2 is 1.68 bits per heavy atom. The molecule has 1 aliphatic heterocycles. The van der Waals surface area contributed by atoms with E-state index >= 15 is 0 Å². The van der Waals surface area contributed by atoms with Crippen LogP contribution in [0.1, 0.15) is 42.3 Å². The second-order valence-corrected chi connectivity index (χ2v) is 6.46. The van der Waals surface area contributed by atoms with Crippen molar-refractivity contribution in [2.45, 2.75) is 26.2 Å². The maximum absolute atomic E-state index is 13.3. The fraction of sp³-hybridized carbons (Fsp3) is 0.222. The van der Waals surface area contributed by atoms with Gasteiger partial charge in [0.15, 0.2) is 0 Å². The highest BCUT2D eigenvalue weighted by Crippen LogP contribution is 2.29. The van der Waals surface area contributed by atoms with E-state index in [1.54, 1.807) is 12.1 Å². The van der Waals surface area contributed by atoms with Crippen LogP contribution in [-0.2, 0) is 5.41 Å². The molecule has 0 atom stereocenters. The average molecular weight is 297 g/mol. The fourth-order valence-electron chi connectivity index (χ4n) is 2.58. The molecule has 1 aliphatic rings. The van der Waals surface area contributed by atoms with Gasteiger partial charge in [-0.25, -0.2) is 4.39 Å². The Bertz CT molecular complexity index is 799. The highest BCUT2D eigenvalue weighted by Gasteiger charge is 2.36. The second kappa shape index (κ2) is 4.77. The lowest BCUT2D eigenvalue weighted by Crippen LogP contribution is -2.17. The van der Waals surface area contributed by atoms with Gasteiger partial charge in [-0.2, -0.15) is 4.74 Å². The molecule has 0 bridgehead atoms. The number of nitrogens with zero attached hydrogens (tertiary/aromatic N) is 1. The lowest BCUT2D eigenvalue weighted by molar-refractivity contribution is -0.355. The summed E-state index contributed by atoms with van der Waals surface area (Å²) in [7, 11) is 0. The van der Waals surface area contributed by atoms with E-state index < -0.39 is 5.82 Å². The van der Waals surface area contributed by atoms with E-state index in [9.17, 15) is 14.4 Å². The van der Waals surface area contributed by atoms with Crippen molar-refractivity contribution in [3.8, 4) is 0 Å². The molecular weight excluding hydrogens is 281 g/mol. The van der Waals surface area contributed by atoms with E-state index in [1.165, 1.54) is 12.1 Å². The van der Waals surface area contributed by atoms with Crippen LogP contribution in [0.25, 0.3) is 0 Å². The third-order valence-corrected chi connectivity index (χ3v) is 3.87. The molecule has 0 N–H and O–H groups in total. The average Bonchev–Trinajstić information content (AvgIpc) is 2.70. The predicted molar refractivity (Wildman–Crippen MR) is 83.3 cm³/mol. The first-order valence-electron chi connectivity index (χ1n) is 7.08. The van der Waals surface area contributed by atoms with Gasteiger partial charge in [-0.15, -0.1) is 0 Å². The molecule has 4 heteroatoms. The summed E-state index contributed by atoms with van der Waals surface area (Å²) in [6.45, 7) is 6.28. The van der Waals surface area contributed by atoms with Crippen molar-refractivity contribution in [1.82, 2.24) is 0 Å². The van der Waals surface area contributed by atoms with Crippen LogP contribution in [0.2, 0.25) is 0 Å². The highest BCUT2D eigenvalue weighted by atomic mass is 19.1. The largest absolute Gasteiger partial charge is 0.618 e. The first-order valence-corrected chi connectivity index (χ1v) is 7.08. The fourth-order valence-corrected chi connectivity index (χ4v) is 2.58. The lowest BCUT2D eigenvalue weighted by Gasteiger charge is -2.18. The zero-order valence-corrected chi connectivity index (χ0v) is 12.7. The summed E-state index contributed by atoms with van der Waals surface area (Å²) in [5.74, 6) is -0.898. The number of fused-ring (bicyclic) bond motifs is 1. The third-order valence-electron chi connectivity index (χ3n) is 3.87. The summed E-state index contributed by atoms with van der Waals surface area (Å²) in [5.41, 5.74) is 2.01. The molecule has 2 aromatic rings. The minimum absolute atomic E-state index is 0.00781. The molecule has 0 fully saturated rings. The standard InChI is InChI=1S/C18H16FNO2/c1-18(2,3)12-6-4-11(5-7-12)16-17(21)14-9-8-13(19)10-15(14)20(16)22/h4-10H,1-3H3. The summed E-state index contributed by atoms with van der Waals surface area (Å²) in [6, 6.07) is 11.0. The first kappa shape index (κ1) is 14.4. The van der Waals surface area contributed by atoms with Gasteiger partial charge in [0.1, 0.15) is 11.4 Å². The van der Waals surface area contributed by atoms with Crippen molar-refractivity contribution in [2.24, 2.45) is 0 Å². The Balaban J connectivity index is 2.08. The third kappa shape index (κ3) is 2.21. The van der Waals surface area contributed by atoms with E-state index in [-0.39, 0.29) is 28.2 Å². The molecule has 0 radical (unpaired) electrons. The van der Waals surface area contributed by atoms with Crippen LogP contribution in [-0.4, -0.2) is 16.2 Å². The summed E-state index contributed by atoms with van der Waals surface area (Å²) >= 11 is 0. The van der Waals surface area contributed by atoms with Gasteiger partial charge in [0.25, 0.3) is 11.5 Å². The smallest absolute Gasteiger partial charge is 0.272 e. The molecule has 3 rings (SSSR count). The molecule has 1 heterocycles. The number of carbonyl (C=O) groups excluding carboxylic acids is 1. The summed E-state index contributed by atoms with van der Waals surface area (Å²) in [4.78, 5) is 12.4. The summed E-state index contributed by atoms with van der Waals surface area (Å²) < 4.78 is 13.8. The van der Waals surface area contributed by atoms with E-state index in [0.717, 1.165) is 11.6 Å². The molecule has 0 unspecified atom stereocenters. The molecule has 0 aromatic heterocycles. The maximum atomic E-state index is 13.3. The number of benzene rings is 2. The Hall–Kier alpha value is -2.49. The van der Waals surface area contributed by atoms with Crippen LogP contribution in [0.5, 0.6) is 0 Å².